The van der Waals surface area contributed by atoms with Gasteiger partial charge in [-0.15, -0.1) is 0 Å². The van der Waals surface area contributed by atoms with Gasteiger partial charge in [0.15, 0.2) is 0 Å². The second-order valence-electron chi connectivity index (χ2n) is 7.67. The van der Waals surface area contributed by atoms with Crippen LogP contribution in [0.2, 0.25) is 0 Å². The summed E-state index contributed by atoms with van der Waals surface area (Å²) in [5.74, 6) is -0.173. The second kappa shape index (κ2) is 7.58. The Balaban J connectivity index is 1.66. The molecule has 1 saturated carbocycles. The van der Waals surface area contributed by atoms with Crippen LogP contribution in [-0.2, 0) is 9.59 Å². The zero-order valence-electron chi connectivity index (χ0n) is 16.2. The largest absolute Gasteiger partial charge is 0.362 e. The molecule has 1 aromatic carbocycles. The van der Waals surface area contributed by atoms with Gasteiger partial charge in [-0.3, -0.25) is 15.0 Å². The molecular weight excluding hydrogens is 344 g/mol. The van der Waals surface area contributed by atoms with E-state index in [1.54, 1.807) is 0 Å². The standard InChI is InChI=1S/C20H28N4O3/c1-4-23(16-8-6-5-7-15(16)3)13-17(25)22-24-18(26)20(21-19(24)27)11-9-14(2)10-12-20/h5-8,14H,4,9-13H2,1-3H3,(H,21,27)(H,22,25). The van der Waals surface area contributed by atoms with Crippen molar-refractivity contribution in [3.8, 4) is 0 Å². The third-order valence-electron chi connectivity index (χ3n) is 5.70. The Labute approximate surface area is 160 Å². The molecule has 1 saturated heterocycles. The molecule has 0 radical (unpaired) electrons. The fraction of sp³-hybridized carbons (Fsp3) is 0.550. The monoisotopic (exact) mass is 372 g/mol. The first-order valence-corrected chi connectivity index (χ1v) is 9.63. The Morgan fingerprint density at radius 2 is 1.96 bits per heavy atom. The molecule has 1 aliphatic heterocycles. The van der Waals surface area contributed by atoms with E-state index in [-0.39, 0.29) is 18.4 Å². The number of hydrazine groups is 1. The fourth-order valence-corrected chi connectivity index (χ4v) is 3.93. The molecule has 1 aromatic rings. The van der Waals surface area contributed by atoms with Crippen molar-refractivity contribution in [3.05, 3.63) is 29.8 Å². The third kappa shape index (κ3) is 3.77. The lowest BCUT2D eigenvalue weighted by atomic mass is 9.77. The number of likely N-dealkylation sites (N-methyl/N-ethyl adjacent to an activating group) is 1. The van der Waals surface area contributed by atoms with E-state index < -0.39 is 11.6 Å². The van der Waals surface area contributed by atoms with Crippen molar-refractivity contribution in [2.45, 2.75) is 52.0 Å². The molecule has 0 aromatic heterocycles. The van der Waals surface area contributed by atoms with Gasteiger partial charge in [0.1, 0.15) is 5.54 Å². The van der Waals surface area contributed by atoms with E-state index >= 15 is 0 Å². The topological polar surface area (TPSA) is 81.8 Å². The van der Waals surface area contributed by atoms with Gasteiger partial charge in [-0.25, -0.2) is 4.79 Å². The molecule has 1 aliphatic carbocycles. The SMILES string of the molecule is CCN(CC(=O)NN1C(=O)NC2(CCC(C)CC2)C1=O)c1ccccc1C. The molecule has 2 N–H and O–H groups in total. The zero-order valence-corrected chi connectivity index (χ0v) is 16.2. The third-order valence-corrected chi connectivity index (χ3v) is 5.70. The Bertz CT molecular complexity index is 740. The van der Waals surface area contributed by atoms with Crippen LogP contribution in [0.3, 0.4) is 0 Å². The first kappa shape index (κ1) is 19.2. The summed E-state index contributed by atoms with van der Waals surface area (Å²) in [6, 6.07) is 7.28. The van der Waals surface area contributed by atoms with Crippen molar-refractivity contribution >= 4 is 23.5 Å². The van der Waals surface area contributed by atoms with Gasteiger partial charge >= 0.3 is 6.03 Å². The number of para-hydroxylation sites is 1. The molecule has 2 fully saturated rings. The minimum Gasteiger partial charge on any atom is -0.362 e. The second-order valence-corrected chi connectivity index (χ2v) is 7.67. The molecule has 0 unspecified atom stereocenters. The van der Waals surface area contributed by atoms with Crippen molar-refractivity contribution in [2.75, 3.05) is 18.0 Å². The number of carbonyl (C=O) groups is 3. The van der Waals surface area contributed by atoms with Crippen LogP contribution < -0.4 is 15.6 Å². The highest BCUT2D eigenvalue weighted by molar-refractivity contribution is 6.08. The maximum Gasteiger partial charge on any atom is 0.344 e. The summed E-state index contributed by atoms with van der Waals surface area (Å²) in [5, 5.41) is 3.68. The maximum atomic E-state index is 12.8. The number of carbonyl (C=O) groups excluding carboxylic acids is 3. The Hall–Kier alpha value is -2.57. The molecule has 0 atom stereocenters. The molecule has 1 spiro atoms. The van der Waals surface area contributed by atoms with Gasteiger partial charge in [0.05, 0.1) is 6.54 Å². The summed E-state index contributed by atoms with van der Waals surface area (Å²) in [4.78, 5) is 39.6. The molecule has 146 valence electrons. The molecule has 7 nitrogen and oxygen atoms in total. The minimum absolute atomic E-state index is 0.0719. The van der Waals surface area contributed by atoms with Crippen molar-refractivity contribution in [1.82, 2.24) is 15.8 Å². The molecule has 2 aliphatic rings. The summed E-state index contributed by atoms with van der Waals surface area (Å²) in [7, 11) is 0. The first-order chi connectivity index (χ1) is 12.9. The number of imide groups is 1. The Morgan fingerprint density at radius 1 is 1.30 bits per heavy atom. The number of aryl methyl sites for hydroxylation is 1. The van der Waals surface area contributed by atoms with Crippen LogP contribution in [0, 0.1) is 12.8 Å². The van der Waals surface area contributed by atoms with E-state index in [1.807, 2.05) is 43.0 Å². The van der Waals surface area contributed by atoms with Crippen molar-refractivity contribution in [1.29, 1.82) is 0 Å². The number of benzene rings is 1. The van der Waals surface area contributed by atoms with Crippen LogP contribution in [0.25, 0.3) is 0 Å². The number of anilines is 1. The van der Waals surface area contributed by atoms with Gasteiger partial charge in [0.25, 0.3) is 11.8 Å². The van der Waals surface area contributed by atoms with Crippen LogP contribution in [0.1, 0.15) is 45.1 Å². The number of hydrogen-bond donors (Lipinski definition) is 2. The van der Waals surface area contributed by atoms with E-state index in [0.717, 1.165) is 29.1 Å². The minimum atomic E-state index is -0.850. The van der Waals surface area contributed by atoms with Gasteiger partial charge < -0.3 is 10.2 Å². The predicted octanol–water partition coefficient (Wildman–Crippen LogP) is 2.35. The highest BCUT2D eigenvalue weighted by atomic mass is 16.2. The summed E-state index contributed by atoms with van der Waals surface area (Å²) in [6.07, 6.45) is 3.03. The lowest BCUT2D eigenvalue weighted by Crippen LogP contribution is -2.53. The van der Waals surface area contributed by atoms with Gasteiger partial charge in [-0.1, -0.05) is 25.1 Å². The van der Waals surface area contributed by atoms with Gasteiger partial charge in [0, 0.05) is 12.2 Å². The molecule has 27 heavy (non-hydrogen) atoms. The number of nitrogens with zero attached hydrogens (tertiary/aromatic N) is 2. The fourth-order valence-electron chi connectivity index (χ4n) is 3.93. The summed E-state index contributed by atoms with van der Waals surface area (Å²) < 4.78 is 0. The normalized spacial score (nSPS) is 24.9. The van der Waals surface area contributed by atoms with Crippen LogP contribution in [0.15, 0.2) is 24.3 Å². The van der Waals surface area contributed by atoms with Crippen molar-refractivity contribution in [2.24, 2.45) is 5.92 Å². The smallest absolute Gasteiger partial charge is 0.344 e. The van der Waals surface area contributed by atoms with E-state index in [2.05, 4.69) is 17.7 Å². The maximum absolute atomic E-state index is 12.8. The van der Waals surface area contributed by atoms with Crippen molar-refractivity contribution in [3.63, 3.8) is 0 Å². The first-order valence-electron chi connectivity index (χ1n) is 9.63. The Kier molecular flexibility index (Phi) is 5.39. The average molecular weight is 372 g/mol. The van der Waals surface area contributed by atoms with Crippen LogP contribution >= 0.6 is 0 Å². The molecule has 0 bridgehead atoms. The predicted molar refractivity (Wildman–Crippen MR) is 103 cm³/mol. The lowest BCUT2D eigenvalue weighted by Gasteiger charge is -2.33. The van der Waals surface area contributed by atoms with Gasteiger partial charge in [-0.2, -0.15) is 5.01 Å². The number of amides is 4. The van der Waals surface area contributed by atoms with E-state index in [9.17, 15) is 14.4 Å². The summed E-state index contributed by atoms with van der Waals surface area (Å²) in [5.41, 5.74) is 3.69. The van der Waals surface area contributed by atoms with Crippen LogP contribution in [0.4, 0.5) is 10.5 Å². The quantitative estimate of drug-likeness (QED) is 0.778. The van der Waals surface area contributed by atoms with Gasteiger partial charge in [-0.05, 0) is 57.1 Å². The summed E-state index contributed by atoms with van der Waals surface area (Å²) >= 11 is 0. The lowest BCUT2D eigenvalue weighted by molar-refractivity contribution is -0.139. The van der Waals surface area contributed by atoms with E-state index in [4.69, 9.17) is 0 Å². The highest BCUT2D eigenvalue weighted by Gasteiger charge is 2.52. The summed E-state index contributed by atoms with van der Waals surface area (Å²) in [6.45, 7) is 6.81. The molecule has 7 heteroatoms. The Morgan fingerprint density at radius 3 is 2.59 bits per heavy atom. The molecule has 3 rings (SSSR count). The van der Waals surface area contributed by atoms with Crippen LogP contribution in [0.5, 0.6) is 0 Å². The average Bonchev–Trinajstić information content (AvgIpc) is 2.87. The van der Waals surface area contributed by atoms with Gasteiger partial charge in [0.2, 0.25) is 0 Å². The molecular formula is C20H28N4O3. The van der Waals surface area contributed by atoms with E-state index in [0.29, 0.717) is 25.3 Å². The van der Waals surface area contributed by atoms with Crippen LogP contribution in [-0.4, -0.2) is 41.5 Å². The van der Waals surface area contributed by atoms with Crippen molar-refractivity contribution < 1.29 is 14.4 Å². The molecule has 1 heterocycles. The zero-order chi connectivity index (χ0) is 19.6. The number of urea groups is 1. The highest BCUT2D eigenvalue weighted by Crippen LogP contribution is 2.35. The number of rotatable bonds is 5. The van der Waals surface area contributed by atoms with E-state index in [1.165, 1.54) is 0 Å². The molecule has 4 amide bonds. The number of hydrogen-bond acceptors (Lipinski definition) is 4. The number of nitrogens with one attached hydrogen (secondary N) is 2.